The minimum Gasteiger partial charge on any atom is -0.342 e. The molecule has 0 bridgehead atoms. The van der Waals surface area contributed by atoms with Crippen molar-refractivity contribution >= 4 is 5.91 Å². The molecular weight excluding hydrogens is 188 g/mol. The quantitative estimate of drug-likeness (QED) is 0.763. The predicted octanol–water partition coefficient (Wildman–Crippen LogP) is 1.35. The van der Waals surface area contributed by atoms with Gasteiger partial charge in [0.2, 0.25) is 5.91 Å². The number of carbonyl (C=O) groups excluding carboxylic acids is 1. The first kappa shape index (κ1) is 12.5. The molecule has 88 valence electrons. The van der Waals surface area contributed by atoms with E-state index in [9.17, 15) is 4.79 Å². The molecule has 0 aromatic rings. The molecule has 1 aliphatic rings. The van der Waals surface area contributed by atoms with Gasteiger partial charge < -0.3 is 10.2 Å². The Labute approximate surface area is 93.2 Å². The van der Waals surface area contributed by atoms with Crippen LogP contribution in [0.4, 0.5) is 0 Å². The zero-order chi connectivity index (χ0) is 11.4. The van der Waals surface area contributed by atoms with Crippen molar-refractivity contribution in [2.45, 2.75) is 27.7 Å². The smallest absolute Gasteiger partial charge is 0.227 e. The van der Waals surface area contributed by atoms with Gasteiger partial charge >= 0.3 is 0 Å². The van der Waals surface area contributed by atoms with E-state index in [2.05, 4.69) is 33.0 Å². The van der Waals surface area contributed by atoms with Crippen LogP contribution in [0, 0.1) is 17.8 Å². The van der Waals surface area contributed by atoms with Gasteiger partial charge in [-0.1, -0.05) is 20.8 Å². The van der Waals surface area contributed by atoms with Crippen LogP contribution in [-0.2, 0) is 4.79 Å². The SMILES string of the molecule is CCN(CC(C)C)C(=O)[C@@H]1CNC[C@H]1C. The van der Waals surface area contributed by atoms with Crippen LogP contribution in [0.25, 0.3) is 0 Å². The molecule has 0 aliphatic carbocycles. The summed E-state index contributed by atoms with van der Waals surface area (Å²) in [4.78, 5) is 14.2. The molecule has 1 saturated heterocycles. The van der Waals surface area contributed by atoms with Crippen molar-refractivity contribution in [2.24, 2.45) is 17.8 Å². The molecule has 1 heterocycles. The van der Waals surface area contributed by atoms with E-state index in [1.54, 1.807) is 0 Å². The zero-order valence-electron chi connectivity index (χ0n) is 10.4. The number of hydrogen-bond acceptors (Lipinski definition) is 2. The number of nitrogens with one attached hydrogen (secondary N) is 1. The highest BCUT2D eigenvalue weighted by atomic mass is 16.2. The normalized spacial score (nSPS) is 25.9. The van der Waals surface area contributed by atoms with Crippen molar-refractivity contribution in [2.75, 3.05) is 26.2 Å². The average Bonchev–Trinajstić information content (AvgIpc) is 2.59. The van der Waals surface area contributed by atoms with Crippen molar-refractivity contribution in [1.29, 1.82) is 0 Å². The fourth-order valence-electron chi connectivity index (χ4n) is 2.19. The molecule has 3 nitrogen and oxygen atoms in total. The highest BCUT2D eigenvalue weighted by molar-refractivity contribution is 5.79. The fraction of sp³-hybridized carbons (Fsp3) is 0.917. The highest BCUT2D eigenvalue weighted by Gasteiger charge is 2.32. The Morgan fingerprint density at radius 3 is 2.53 bits per heavy atom. The van der Waals surface area contributed by atoms with Crippen LogP contribution in [0.15, 0.2) is 0 Å². The second-order valence-corrected chi connectivity index (χ2v) is 5.01. The molecule has 0 unspecified atom stereocenters. The number of rotatable bonds is 4. The van der Waals surface area contributed by atoms with Crippen molar-refractivity contribution in [3.8, 4) is 0 Å². The summed E-state index contributed by atoms with van der Waals surface area (Å²) in [7, 11) is 0. The molecule has 1 aliphatic heterocycles. The Kier molecular flexibility index (Phi) is 4.58. The second kappa shape index (κ2) is 5.50. The summed E-state index contributed by atoms with van der Waals surface area (Å²) in [6, 6.07) is 0. The van der Waals surface area contributed by atoms with E-state index in [1.165, 1.54) is 0 Å². The van der Waals surface area contributed by atoms with E-state index in [0.717, 1.165) is 26.2 Å². The van der Waals surface area contributed by atoms with Gasteiger partial charge in [-0.05, 0) is 25.3 Å². The molecule has 1 rings (SSSR count). The van der Waals surface area contributed by atoms with Crippen molar-refractivity contribution < 1.29 is 4.79 Å². The molecular formula is C12H24N2O. The Bertz CT molecular complexity index is 216. The van der Waals surface area contributed by atoms with Crippen LogP contribution < -0.4 is 5.32 Å². The van der Waals surface area contributed by atoms with Crippen molar-refractivity contribution in [3.05, 3.63) is 0 Å². The Morgan fingerprint density at radius 1 is 1.47 bits per heavy atom. The van der Waals surface area contributed by atoms with Gasteiger partial charge in [0.05, 0.1) is 5.92 Å². The first-order valence-corrected chi connectivity index (χ1v) is 6.05. The molecule has 0 aromatic carbocycles. The van der Waals surface area contributed by atoms with Gasteiger partial charge in [-0.15, -0.1) is 0 Å². The summed E-state index contributed by atoms with van der Waals surface area (Å²) >= 11 is 0. The molecule has 0 radical (unpaired) electrons. The van der Waals surface area contributed by atoms with Crippen LogP contribution in [-0.4, -0.2) is 37.0 Å². The van der Waals surface area contributed by atoms with Crippen LogP contribution in [0.3, 0.4) is 0 Å². The summed E-state index contributed by atoms with van der Waals surface area (Å²) in [6.45, 7) is 12.1. The Morgan fingerprint density at radius 2 is 2.13 bits per heavy atom. The summed E-state index contributed by atoms with van der Waals surface area (Å²) < 4.78 is 0. The van der Waals surface area contributed by atoms with Crippen molar-refractivity contribution in [3.63, 3.8) is 0 Å². The standard InChI is InChI=1S/C12H24N2O/c1-5-14(8-9(2)3)12(15)11-7-13-6-10(11)4/h9-11,13H,5-8H2,1-4H3/t10-,11-/m1/s1. The van der Waals surface area contributed by atoms with Crippen LogP contribution in [0.2, 0.25) is 0 Å². The van der Waals surface area contributed by atoms with Gasteiger partial charge in [0.25, 0.3) is 0 Å². The fourth-order valence-corrected chi connectivity index (χ4v) is 2.19. The van der Waals surface area contributed by atoms with E-state index in [4.69, 9.17) is 0 Å². The number of amides is 1. The molecule has 3 heteroatoms. The third-order valence-electron chi connectivity index (χ3n) is 3.11. The predicted molar refractivity (Wildman–Crippen MR) is 62.6 cm³/mol. The minimum atomic E-state index is 0.198. The van der Waals surface area contributed by atoms with E-state index < -0.39 is 0 Å². The zero-order valence-corrected chi connectivity index (χ0v) is 10.4. The van der Waals surface area contributed by atoms with Crippen LogP contribution >= 0.6 is 0 Å². The maximum absolute atomic E-state index is 12.2. The van der Waals surface area contributed by atoms with Crippen LogP contribution in [0.1, 0.15) is 27.7 Å². The maximum Gasteiger partial charge on any atom is 0.227 e. The molecule has 1 amide bonds. The second-order valence-electron chi connectivity index (χ2n) is 5.01. The third-order valence-corrected chi connectivity index (χ3v) is 3.11. The van der Waals surface area contributed by atoms with Gasteiger partial charge in [0, 0.05) is 19.6 Å². The highest BCUT2D eigenvalue weighted by Crippen LogP contribution is 2.19. The molecule has 15 heavy (non-hydrogen) atoms. The van der Waals surface area contributed by atoms with E-state index in [-0.39, 0.29) is 5.92 Å². The van der Waals surface area contributed by atoms with E-state index in [1.807, 2.05) is 4.90 Å². The molecule has 1 N–H and O–H groups in total. The molecule has 0 aromatic heterocycles. The third kappa shape index (κ3) is 3.20. The molecule has 0 saturated carbocycles. The lowest BCUT2D eigenvalue weighted by Gasteiger charge is -2.27. The van der Waals surface area contributed by atoms with Gasteiger partial charge in [-0.2, -0.15) is 0 Å². The first-order chi connectivity index (χ1) is 7.06. The summed E-state index contributed by atoms with van der Waals surface area (Å²) in [5.41, 5.74) is 0. The van der Waals surface area contributed by atoms with E-state index >= 15 is 0 Å². The van der Waals surface area contributed by atoms with Crippen molar-refractivity contribution in [1.82, 2.24) is 10.2 Å². The van der Waals surface area contributed by atoms with Crippen LogP contribution in [0.5, 0.6) is 0 Å². The lowest BCUT2D eigenvalue weighted by Crippen LogP contribution is -2.40. The number of hydrogen-bond donors (Lipinski definition) is 1. The lowest BCUT2D eigenvalue weighted by molar-refractivity contribution is -0.136. The molecule has 2 atom stereocenters. The summed E-state index contributed by atoms with van der Waals surface area (Å²) in [5.74, 6) is 1.57. The minimum absolute atomic E-state index is 0.198. The maximum atomic E-state index is 12.2. The molecule has 0 spiro atoms. The van der Waals surface area contributed by atoms with Gasteiger partial charge in [0.1, 0.15) is 0 Å². The topological polar surface area (TPSA) is 32.3 Å². The first-order valence-electron chi connectivity index (χ1n) is 6.05. The largest absolute Gasteiger partial charge is 0.342 e. The number of nitrogens with zero attached hydrogens (tertiary/aromatic N) is 1. The number of carbonyl (C=O) groups is 1. The molecule has 1 fully saturated rings. The van der Waals surface area contributed by atoms with E-state index in [0.29, 0.717) is 17.7 Å². The van der Waals surface area contributed by atoms with Gasteiger partial charge in [0.15, 0.2) is 0 Å². The Balaban J connectivity index is 2.55. The lowest BCUT2D eigenvalue weighted by atomic mass is 9.96. The summed E-state index contributed by atoms with van der Waals surface area (Å²) in [5, 5.41) is 3.29. The summed E-state index contributed by atoms with van der Waals surface area (Å²) in [6.07, 6.45) is 0. The van der Waals surface area contributed by atoms with Gasteiger partial charge in [-0.25, -0.2) is 0 Å². The monoisotopic (exact) mass is 212 g/mol. The average molecular weight is 212 g/mol. The van der Waals surface area contributed by atoms with Gasteiger partial charge in [-0.3, -0.25) is 4.79 Å². The Hall–Kier alpha value is -0.570.